The van der Waals surface area contributed by atoms with Crippen molar-refractivity contribution in [3.05, 3.63) is 28.7 Å². The Labute approximate surface area is 110 Å². The number of thioether (sulfide) groups is 1. The van der Waals surface area contributed by atoms with E-state index in [0.717, 1.165) is 22.6 Å². The summed E-state index contributed by atoms with van der Waals surface area (Å²) in [6.07, 6.45) is 4.78. The van der Waals surface area contributed by atoms with Crippen LogP contribution in [0.4, 0.5) is 0 Å². The Kier molecular flexibility index (Phi) is 4.74. The SMILES string of the molecule is OC(CCC1CC1)CSc1cccc(Br)c1. The average molecular weight is 301 g/mol. The van der Waals surface area contributed by atoms with Crippen molar-refractivity contribution < 1.29 is 5.11 Å². The minimum atomic E-state index is -0.149. The van der Waals surface area contributed by atoms with Crippen molar-refractivity contribution in [2.45, 2.75) is 36.7 Å². The quantitative estimate of drug-likeness (QED) is 0.799. The van der Waals surface area contributed by atoms with Gasteiger partial charge in [-0.25, -0.2) is 0 Å². The molecular formula is C13H17BrOS. The van der Waals surface area contributed by atoms with Crippen molar-refractivity contribution >= 4 is 27.7 Å². The van der Waals surface area contributed by atoms with Gasteiger partial charge in [-0.3, -0.25) is 0 Å². The maximum Gasteiger partial charge on any atom is 0.0634 e. The third-order valence-corrected chi connectivity index (χ3v) is 4.48. The molecule has 1 nitrogen and oxygen atoms in total. The summed E-state index contributed by atoms with van der Waals surface area (Å²) in [6, 6.07) is 8.23. The summed E-state index contributed by atoms with van der Waals surface area (Å²) in [5, 5.41) is 9.82. The van der Waals surface area contributed by atoms with Crippen LogP contribution >= 0.6 is 27.7 Å². The van der Waals surface area contributed by atoms with Crippen LogP contribution in [-0.2, 0) is 0 Å². The Balaban J connectivity index is 1.69. The molecule has 0 spiro atoms. The van der Waals surface area contributed by atoms with E-state index in [0.29, 0.717) is 0 Å². The Hall–Kier alpha value is 0.01000. The maximum atomic E-state index is 9.82. The summed E-state index contributed by atoms with van der Waals surface area (Å²) in [6.45, 7) is 0. The summed E-state index contributed by atoms with van der Waals surface area (Å²) >= 11 is 5.19. The van der Waals surface area contributed by atoms with E-state index in [2.05, 4.69) is 28.1 Å². The number of aliphatic hydroxyl groups is 1. The zero-order valence-electron chi connectivity index (χ0n) is 9.23. The molecule has 0 saturated heterocycles. The summed E-state index contributed by atoms with van der Waals surface area (Å²) in [7, 11) is 0. The van der Waals surface area contributed by atoms with Gasteiger partial charge >= 0.3 is 0 Å². The molecule has 1 unspecified atom stereocenters. The lowest BCUT2D eigenvalue weighted by molar-refractivity contribution is 0.184. The smallest absolute Gasteiger partial charge is 0.0634 e. The number of hydrogen-bond acceptors (Lipinski definition) is 2. The van der Waals surface area contributed by atoms with Crippen LogP contribution in [-0.4, -0.2) is 17.0 Å². The molecule has 1 N–H and O–H groups in total. The first-order valence-corrected chi connectivity index (χ1v) is 7.58. The summed E-state index contributed by atoms with van der Waals surface area (Å²) in [4.78, 5) is 1.22. The molecule has 16 heavy (non-hydrogen) atoms. The molecule has 0 heterocycles. The highest BCUT2D eigenvalue weighted by molar-refractivity contribution is 9.10. The van der Waals surface area contributed by atoms with Crippen LogP contribution in [0.3, 0.4) is 0 Å². The van der Waals surface area contributed by atoms with Gasteiger partial charge in [0.25, 0.3) is 0 Å². The number of halogens is 1. The minimum Gasteiger partial charge on any atom is -0.392 e. The van der Waals surface area contributed by atoms with Crippen LogP contribution in [0.25, 0.3) is 0 Å². The van der Waals surface area contributed by atoms with Gasteiger partial charge < -0.3 is 5.11 Å². The number of hydrogen-bond donors (Lipinski definition) is 1. The predicted molar refractivity (Wildman–Crippen MR) is 72.8 cm³/mol. The van der Waals surface area contributed by atoms with E-state index >= 15 is 0 Å². The fourth-order valence-corrected chi connectivity index (χ4v) is 3.15. The average Bonchev–Trinajstić information content (AvgIpc) is 3.07. The van der Waals surface area contributed by atoms with E-state index in [1.807, 2.05) is 12.1 Å². The van der Waals surface area contributed by atoms with Gasteiger partial charge in [-0.2, -0.15) is 0 Å². The molecule has 0 aliphatic heterocycles. The molecule has 1 aromatic rings. The van der Waals surface area contributed by atoms with Crippen LogP contribution < -0.4 is 0 Å². The molecule has 0 aromatic heterocycles. The van der Waals surface area contributed by atoms with Crippen molar-refractivity contribution in [1.29, 1.82) is 0 Å². The van der Waals surface area contributed by atoms with Crippen molar-refractivity contribution in [2.24, 2.45) is 5.92 Å². The topological polar surface area (TPSA) is 20.2 Å². The summed E-state index contributed by atoms with van der Waals surface area (Å²) < 4.78 is 1.10. The summed E-state index contributed by atoms with van der Waals surface area (Å²) in [5.41, 5.74) is 0. The second-order valence-corrected chi connectivity index (χ2v) is 6.45. The number of benzene rings is 1. The molecule has 1 aliphatic rings. The maximum absolute atomic E-state index is 9.82. The minimum absolute atomic E-state index is 0.149. The summed E-state index contributed by atoms with van der Waals surface area (Å²) in [5.74, 6) is 1.73. The third kappa shape index (κ3) is 4.48. The molecule has 1 fully saturated rings. The van der Waals surface area contributed by atoms with Gasteiger partial charge in [-0.15, -0.1) is 11.8 Å². The Morgan fingerprint density at radius 1 is 1.44 bits per heavy atom. The highest BCUT2D eigenvalue weighted by atomic mass is 79.9. The van der Waals surface area contributed by atoms with E-state index in [-0.39, 0.29) is 6.10 Å². The first kappa shape index (κ1) is 12.5. The van der Waals surface area contributed by atoms with Gasteiger partial charge in [0.1, 0.15) is 0 Å². The van der Waals surface area contributed by atoms with Gasteiger partial charge in [0.05, 0.1) is 6.10 Å². The number of rotatable bonds is 6. The molecule has 0 radical (unpaired) electrons. The van der Waals surface area contributed by atoms with Crippen molar-refractivity contribution in [2.75, 3.05) is 5.75 Å². The first-order valence-electron chi connectivity index (χ1n) is 5.80. The molecule has 1 aliphatic carbocycles. The van der Waals surface area contributed by atoms with Gasteiger partial charge in [0, 0.05) is 15.1 Å². The zero-order chi connectivity index (χ0) is 11.4. The first-order chi connectivity index (χ1) is 7.74. The molecule has 0 amide bonds. The lowest BCUT2D eigenvalue weighted by atomic mass is 10.1. The van der Waals surface area contributed by atoms with Crippen molar-refractivity contribution in [1.82, 2.24) is 0 Å². The van der Waals surface area contributed by atoms with Crippen LogP contribution in [0.1, 0.15) is 25.7 Å². The van der Waals surface area contributed by atoms with E-state index in [9.17, 15) is 5.11 Å². The van der Waals surface area contributed by atoms with Crippen molar-refractivity contribution in [3.63, 3.8) is 0 Å². The second kappa shape index (κ2) is 6.08. The monoisotopic (exact) mass is 300 g/mol. The van der Waals surface area contributed by atoms with Crippen molar-refractivity contribution in [3.8, 4) is 0 Å². The van der Waals surface area contributed by atoms with Crippen LogP contribution in [0, 0.1) is 5.92 Å². The zero-order valence-corrected chi connectivity index (χ0v) is 11.6. The third-order valence-electron chi connectivity index (χ3n) is 2.84. The Morgan fingerprint density at radius 3 is 2.94 bits per heavy atom. The Morgan fingerprint density at radius 2 is 2.25 bits per heavy atom. The fourth-order valence-electron chi connectivity index (χ4n) is 1.67. The van der Waals surface area contributed by atoms with Gasteiger partial charge in [0.15, 0.2) is 0 Å². The van der Waals surface area contributed by atoms with Gasteiger partial charge in [0.2, 0.25) is 0 Å². The van der Waals surface area contributed by atoms with E-state index < -0.39 is 0 Å². The van der Waals surface area contributed by atoms with E-state index in [4.69, 9.17) is 0 Å². The van der Waals surface area contributed by atoms with Crippen LogP contribution in [0.5, 0.6) is 0 Å². The highest BCUT2D eigenvalue weighted by Gasteiger charge is 2.21. The normalized spacial score (nSPS) is 17.4. The van der Waals surface area contributed by atoms with Crippen LogP contribution in [0.2, 0.25) is 0 Å². The second-order valence-electron chi connectivity index (χ2n) is 4.44. The van der Waals surface area contributed by atoms with Crippen LogP contribution in [0.15, 0.2) is 33.6 Å². The Bertz CT molecular complexity index is 338. The molecular weight excluding hydrogens is 284 g/mol. The lowest BCUT2D eigenvalue weighted by Crippen LogP contribution is -2.09. The lowest BCUT2D eigenvalue weighted by Gasteiger charge is -2.09. The molecule has 1 aromatic carbocycles. The highest BCUT2D eigenvalue weighted by Crippen LogP contribution is 2.34. The largest absolute Gasteiger partial charge is 0.392 e. The standard InChI is InChI=1S/C13H17BrOS/c14-11-2-1-3-13(8-11)16-9-12(15)7-6-10-4-5-10/h1-3,8,10,12,15H,4-7,9H2. The van der Waals surface area contributed by atoms with E-state index in [1.165, 1.54) is 24.2 Å². The fraction of sp³-hybridized carbons (Fsp3) is 0.538. The van der Waals surface area contributed by atoms with E-state index in [1.54, 1.807) is 11.8 Å². The molecule has 1 atom stereocenters. The molecule has 3 heteroatoms. The molecule has 88 valence electrons. The van der Waals surface area contributed by atoms with Gasteiger partial charge in [-0.05, 0) is 37.0 Å². The predicted octanol–water partition coefficient (Wildman–Crippen LogP) is 4.09. The number of aliphatic hydroxyl groups excluding tert-OH is 1. The molecule has 0 bridgehead atoms. The van der Waals surface area contributed by atoms with Gasteiger partial charge in [-0.1, -0.05) is 34.8 Å². The molecule has 2 rings (SSSR count). The molecule has 1 saturated carbocycles.